The smallest absolute Gasteiger partial charge is 0.264 e. The number of hydrogen-bond donors (Lipinski definition) is 3. The van der Waals surface area contributed by atoms with Gasteiger partial charge in [0.15, 0.2) is 5.96 Å². The molecule has 0 radical (unpaired) electrons. The summed E-state index contributed by atoms with van der Waals surface area (Å²) in [5.74, 6) is 1.90. The molecule has 0 bridgehead atoms. The Bertz CT molecular complexity index is 1310. The second-order valence-electron chi connectivity index (χ2n) is 10.3. The molecule has 2 heterocycles. The van der Waals surface area contributed by atoms with Crippen LogP contribution < -0.4 is 14.8 Å². The van der Waals surface area contributed by atoms with Gasteiger partial charge in [-0.1, -0.05) is 12.1 Å². The average Bonchev–Trinajstić information content (AvgIpc) is 3.77. The zero-order valence-corrected chi connectivity index (χ0v) is 22.4. The van der Waals surface area contributed by atoms with Crippen LogP contribution in [0.25, 0.3) is 0 Å². The molecule has 3 aliphatic rings. The van der Waals surface area contributed by atoms with Crippen LogP contribution in [0.2, 0.25) is 0 Å². The van der Waals surface area contributed by atoms with Crippen molar-refractivity contribution >= 4 is 27.5 Å². The number of nitrogens with one attached hydrogen (secondary N) is 2. The fourth-order valence-electron chi connectivity index (χ4n) is 5.20. The molecule has 0 aromatic heterocycles. The van der Waals surface area contributed by atoms with Crippen LogP contribution in [-0.4, -0.2) is 62.3 Å². The fraction of sp³-hybridized carbons (Fsp3) is 0.429. The summed E-state index contributed by atoms with van der Waals surface area (Å²) in [5.41, 5.74) is 8.35. The van der Waals surface area contributed by atoms with E-state index in [0.717, 1.165) is 62.2 Å². The molecule has 1 aliphatic carbocycles. The van der Waals surface area contributed by atoms with Crippen molar-refractivity contribution in [3.05, 3.63) is 66.2 Å². The number of nitrogens with two attached hydrogens (primary N) is 1. The van der Waals surface area contributed by atoms with Crippen molar-refractivity contribution in [1.82, 2.24) is 9.80 Å². The summed E-state index contributed by atoms with van der Waals surface area (Å²) in [5, 5.41) is 16.0. The third-order valence-electron chi connectivity index (χ3n) is 7.59. The van der Waals surface area contributed by atoms with E-state index in [9.17, 15) is 8.42 Å². The minimum atomic E-state index is -3.85. The number of anilines is 1. The summed E-state index contributed by atoms with van der Waals surface area (Å²) in [4.78, 5) is 4.13. The van der Waals surface area contributed by atoms with E-state index in [1.54, 1.807) is 35.2 Å². The van der Waals surface area contributed by atoms with E-state index in [1.807, 2.05) is 18.2 Å². The SMILES string of the molecule is C=CCN(c1ccc2c(c1)CN(C(=N)N)CC2)S(=O)(=O)c1ccc(OC2CCN(C(=N)C3CC3)CC2)cc1. The van der Waals surface area contributed by atoms with Gasteiger partial charge in [-0.05, 0) is 66.8 Å². The van der Waals surface area contributed by atoms with Crippen LogP contribution in [0.15, 0.2) is 60.0 Å². The lowest BCUT2D eigenvalue weighted by Gasteiger charge is -2.34. The van der Waals surface area contributed by atoms with Gasteiger partial charge < -0.3 is 20.3 Å². The molecule has 2 aromatic carbocycles. The molecule has 2 fully saturated rings. The first-order chi connectivity index (χ1) is 18.3. The summed E-state index contributed by atoms with van der Waals surface area (Å²) >= 11 is 0. The largest absolute Gasteiger partial charge is 0.490 e. The summed E-state index contributed by atoms with van der Waals surface area (Å²) in [7, 11) is -3.85. The predicted octanol–water partition coefficient (Wildman–Crippen LogP) is 3.55. The quantitative estimate of drug-likeness (QED) is 0.269. The van der Waals surface area contributed by atoms with Gasteiger partial charge in [0.2, 0.25) is 0 Å². The van der Waals surface area contributed by atoms with Crippen LogP contribution >= 0.6 is 0 Å². The third-order valence-corrected chi connectivity index (χ3v) is 9.39. The Labute approximate surface area is 224 Å². The van der Waals surface area contributed by atoms with Crippen LogP contribution in [0, 0.1) is 16.7 Å². The Morgan fingerprint density at radius 1 is 1.03 bits per heavy atom. The van der Waals surface area contributed by atoms with E-state index in [2.05, 4.69) is 11.5 Å². The lowest BCUT2D eigenvalue weighted by molar-refractivity contribution is 0.129. The molecule has 10 heteroatoms. The van der Waals surface area contributed by atoms with Gasteiger partial charge >= 0.3 is 0 Å². The normalized spacial score (nSPS) is 18.0. The number of fused-ring (bicyclic) bond motifs is 1. The summed E-state index contributed by atoms with van der Waals surface area (Å²) in [6.45, 7) is 6.71. The maximum atomic E-state index is 13.7. The molecule has 2 aliphatic heterocycles. The fourth-order valence-corrected chi connectivity index (χ4v) is 6.63. The minimum absolute atomic E-state index is 0.0159. The number of sulfonamides is 1. The highest BCUT2D eigenvalue weighted by atomic mass is 32.2. The lowest BCUT2D eigenvalue weighted by Crippen LogP contribution is -2.42. The molecule has 1 saturated carbocycles. The van der Waals surface area contributed by atoms with E-state index in [-0.39, 0.29) is 23.5 Å². The van der Waals surface area contributed by atoms with Gasteiger partial charge in [0.1, 0.15) is 11.9 Å². The van der Waals surface area contributed by atoms with E-state index in [4.69, 9.17) is 21.3 Å². The average molecular weight is 537 g/mol. The Morgan fingerprint density at radius 2 is 1.74 bits per heavy atom. The topological polar surface area (TPSA) is 127 Å². The Kier molecular flexibility index (Phi) is 7.34. The molecule has 0 unspecified atom stereocenters. The summed E-state index contributed by atoms with van der Waals surface area (Å²) in [6.07, 6.45) is 6.37. The number of hydrogen-bond acceptors (Lipinski definition) is 5. The molecular weight excluding hydrogens is 500 g/mol. The van der Waals surface area contributed by atoms with Crippen LogP contribution in [-0.2, 0) is 23.0 Å². The van der Waals surface area contributed by atoms with Gasteiger partial charge in [0, 0.05) is 44.9 Å². The van der Waals surface area contributed by atoms with Gasteiger partial charge in [-0.3, -0.25) is 15.1 Å². The molecule has 38 heavy (non-hydrogen) atoms. The second kappa shape index (κ2) is 10.7. The zero-order chi connectivity index (χ0) is 26.9. The number of nitrogens with zero attached hydrogens (tertiary/aromatic N) is 3. The number of piperidine rings is 1. The van der Waals surface area contributed by atoms with Crippen LogP contribution in [0.5, 0.6) is 5.75 Å². The van der Waals surface area contributed by atoms with E-state index in [1.165, 1.54) is 4.31 Å². The molecule has 202 valence electrons. The van der Waals surface area contributed by atoms with Crippen LogP contribution in [0.4, 0.5) is 5.69 Å². The summed E-state index contributed by atoms with van der Waals surface area (Å²) < 4.78 is 34.9. The highest BCUT2D eigenvalue weighted by molar-refractivity contribution is 7.92. The van der Waals surface area contributed by atoms with Crippen LogP contribution in [0.3, 0.4) is 0 Å². The van der Waals surface area contributed by atoms with Crippen molar-refractivity contribution in [2.75, 3.05) is 30.5 Å². The number of rotatable bonds is 8. The first-order valence-corrected chi connectivity index (χ1v) is 14.6. The Hall–Kier alpha value is -3.53. The van der Waals surface area contributed by atoms with Gasteiger partial charge in [-0.2, -0.15) is 0 Å². The molecule has 9 nitrogen and oxygen atoms in total. The highest BCUT2D eigenvalue weighted by Gasteiger charge is 2.32. The molecule has 1 saturated heterocycles. The van der Waals surface area contributed by atoms with Crippen LogP contribution in [0.1, 0.15) is 36.8 Å². The molecule has 2 aromatic rings. The van der Waals surface area contributed by atoms with E-state index >= 15 is 0 Å². The first kappa shape index (κ1) is 26.1. The Balaban J connectivity index is 1.27. The monoisotopic (exact) mass is 536 g/mol. The van der Waals surface area contributed by atoms with Gasteiger partial charge in [0.25, 0.3) is 10.0 Å². The predicted molar refractivity (Wildman–Crippen MR) is 149 cm³/mol. The summed E-state index contributed by atoms with van der Waals surface area (Å²) in [6, 6.07) is 12.3. The molecule has 5 rings (SSSR count). The molecule has 0 atom stereocenters. The number of guanidine groups is 1. The second-order valence-corrected chi connectivity index (χ2v) is 12.1. The first-order valence-electron chi connectivity index (χ1n) is 13.2. The molecule has 0 spiro atoms. The molecule has 0 amide bonds. The van der Waals surface area contributed by atoms with E-state index in [0.29, 0.717) is 30.4 Å². The maximum Gasteiger partial charge on any atom is 0.264 e. The van der Waals surface area contributed by atoms with Crippen molar-refractivity contribution in [3.63, 3.8) is 0 Å². The maximum absolute atomic E-state index is 13.7. The zero-order valence-electron chi connectivity index (χ0n) is 21.6. The highest BCUT2D eigenvalue weighted by Crippen LogP contribution is 2.33. The number of likely N-dealkylation sites (tertiary alicyclic amines) is 1. The van der Waals surface area contributed by atoms with Crippen molar-refractivity contribution in [3.8, 4) is 5.75 Å². The number of ether oxygens (including phenoxy) is 1. The number of benzene rings is 2. The van der Waals surface area contributed by atoms with Crippen molar-refractivity contribution < 1.29 is 13.2 Å². The van der Waals surface area contributed by atoms with Crippen molar-refractivity contribution in [2.24, 2.45) is 11.7 Å². The Morgan fingerprint density at radius 3 is 2.37 bits per heavy atom. The van der Waals surface area contributed by atoms with Crippen molar-refractivity contribution in [1.29, 1.82) is 10.8 Å². The molecule has 4 N–H and O–H groups in total. The molecular formula is C28H36N6O3S. The lowest BCUT2D eigenvalue weighted by atomic mass is 9.99. The van der Waals surface area contributed by atoms with Gasteiger partial charge in [-0.15, -0.1) is 6.58 Å². The van der Waals surface area contributed by atoms with Gasteiger partial charge in [0.05, 0.1) is 23.0 Å². The third kappa shape index (κ3) is 5.50. The van der Waals surface area contributed by atoms with E-state index < -0.39 is 10.0 Å². The van der Waals surface area contributed by atoms with Crippen molar-refractivity contribution in [2.45, 2.75) is 49.6 Å². The van der Waals surface area contributed by atoms with Gasteiger partial charge in [-0.25, -0.2) is 8.42 Å². The number of amidine groups is 1. The standard InChI is InChI=1S/C28H36N6O3S/c1-2-14-34(23-6-5-20-11-15-33(28(30)31)19-22(20)18-23)38(35,36)26-9-7-24(8-10-26)37-25-12-16-32(17-13-25)27(29)21-3-4-21/h2,5-10,18,21,25,29H,1,3-4,11-17,19H2,(H3,30,31). The minimum Gasteiger partial charge on any atom is -0.490 e.